The molecule has 1 unspecified atom stereocenters. The van der Waals surface area contributed by atoms with Crippen LogP contribution in [0.15, 0.2) is 24.3 Å². The molecule has 1 atom stereocenters. The summed E-state index contributed by atoms with van der Waals surface area (Å²) >= 11 is 0. The number of carbonyl (C=O) groups excluding carboxylic acids is 1. The quantitative estimate of drug-likeness (QED) is 0.771. The minimum absolute atomic E-state index is 0.184. The Morgan fingerprint density at radius 2 is 2.11 bits per heavy atom. The van der Waals surface area contributed by atoms with Gasteiger partial charge in [-0.3, -0.25) is 0 Å². The van der Waals surface area contributed by atoms with Crippen LogP contribution in [0.3, 0.4) is 0 Å². The molecule has 1 rings (SSSR count). The predicted octanol–water partition coefficient (Wildman–Crippen LogP) is 2.54. The second-order valence-corrected chi connectivity index (χ2v) is 4.84. The van der Waals surface area contributed by atoms with Gasteiger partial charge >= 0.3 is 5.97 Å². The molecule has 0 bridgehead atoms. The Morgan fingerprint density at radius 1 is 1.37 bits per heavy atom. The normalized spacial score (nSPS) is 12.4. The molecule has 1 aromatic rings. The van der Waals surface area contributed by atoms with Crippen molar-refractivity contribution in [3.63, 3.8) is 0 Å². The van der Waals surface area contributed by atoms with E-state index in [0.717, 1.165) is 5.56 Å². The summed E-state index contributed by atoms with van der Waals surface area (Å²) in [4.78, 5) is 11.9. The van der Waals surface area contributed by atoms with Gasteiger partial charge in [-0.2, -0.15) is 0 Å². The molecular weight excluding hydrogens is 244 g/mol. The molecule has 106 valence electrons. The maximum Gasteiger partial charge on any atom is 0.335 e. The summed E-state index contributed by atoms with van der Waals surface area (Å²) in [6, 6.07) is 6.81. The number of benzene rings is 1. The highest BCUT2D eigenvalue weighted by Gasteiger charge is 2.21. The van der Waals surface area contributed by atoms with Crippen LogP contribution in [0.25, 0.3) is 0 Å². The van der Waals surface area contributed by atoms with Crippen LogP contribution in [0, 0.1) is 5.92 Å². The van der Waals surface area contributed by atoms with E-state index in [4.69, 9.17) is 9.47 Å². The molecule has 0 aliphatic carbocycles. The van der Waals surface area contributed by atoms with E-state index < -0.39 is 6.10 Å². The summed E-state index contributed by atoms with van der Waals surface area (Å²) in [6.07, 6.45) is -0.218. The zero-order valence-corrected chi connectivity index (χ0v) is 11.8. The summed E-state index contributed by atoms with van der Waals surface area (Å²) in [6.45, 7) is 6.64. The van der Waals surface area contributed by atoms with Gasteiger partial charge in [-0.25, -0.2) is 4.79 Å². The Labute approximate surface area is 114 Å². The van der Waals surface area contributed by atoms with Gasteiger partial charge in [0, 0.05) is 13.0 Å². The van der Waals surface area contributed by atoms with Crippen molar-refractivity contribution in [2.24, 2.45) is 5.92 Å². The Bertz CT molecular complexity index is 401. The van der Waals surface area contributed by atoms with Crippen molar-refractivity contribution in [3.05, 3.63) is 29.8 Å². The number of phenolic OH excluding ortho intramolecular Hbond substituents is 1. The minimum Gasteiger partial charge on any atom is -0.508 e. The highest BCUT2D eigenvalue weighted by Crippen LogP contribution is 2.14. The third-order valence-electron chi connectivity index (χ3n) is 2.52. The first kappa shape index (κ1) is 15.5. The fourth-order valence-electron chi connectivity index (χ4n) is 1.65. The van der Waals surface area contributed by atoms with Crippen molar-refractivity contribution >= 4 is 5.97 Å². The van der Waals surface area contributed by atoms with Gasteiger partial charge < -0.3 is 14.6 Å². The lowest BCUT2D eigenvalue weighted by Gasteiger charge is -2.17. The van der Waals surface area contributed by atoms with Crippen molar-refractivity contribution in [1.29, 1.82) is 0 Å². The summed E-state index contributed by atoms with van der Waals surface area (Å²) in [5.74, 6) is 0.134. The van der Waals surface area contributed by atoms with Crippen LogP contribution in [-0.4, -0.2) is 30.4 Å². The lowest BCUT2D eigenvalue weighted by atomic mass is 10.1. The minimum atomic E-state index is -0.620. The monoisotopic (exact) mass is 266 g/mol. The van der Waals surface area contributed by atoms with Gasteiger partial charge in [0.05, 0.1) is 6.61 Å². The van der Waals surface area contributed by atoms with E-state index >= 15 is 0 Å². The smallest absolute Gasteiger partial charge is 0.335 e. The Hall–Kier alpha value is -1.55. The lowest BCUT2D eigenvalue weighted by molar-refractivity contribution is -0.158. The zero-order valence-electron chi connectivity index (χ0n) is 11.8. The molecule has 0 spiro atoms. The molecule has 4 nitrogen and oxygen atoms in total. The molecular formula is C15H22O4. The average molecular weight is 266 g/mol. The number of carbonyl (C=O) groups is 1. The topological polar surface area (TPSA) is 55.8 Å². The number of ether oxygens (including phenoxy) is 2. The first-order valence-electron chi connectivity index (χ1n) is 6.59. The SMILES string of the molecule is CCOC(Cc1cccc(O)c1)C(=O)OCC(C)C. The van der Waals surface area contributed by atoms with Crippen molar-refractivity contribution in [3.8, 4) is 5.75 Å². The maximum absolute atomic E-state index is 11.9. The molecule has 4 heteroatoms. The van der Waals surface area contributed by atoms with Crippen LogP contribution in [0.1, 0.15) is 26.3 Å². The van der Waals surface area contributed by atoms with E-state index in [1.807, 2.05) is 26.8 Å². The fourth-order valence-corrected chi connectivity index (χ4v) is 1.65. The molecule has 0 radical (unpaired) electrons. The van der Waals surface area contributed by atoms with Crippen LogP contribution >= 0.6 is 0 Å². The third kappa shape index (κ3) is 5.75. The second-order valence-electron chi connectivity index (χ2n) is 4.84. The standard InChI is InChI=1S/C15H22O4/c1-4-18-14(15(17)19-10-11(2)3)9-12-6-5-7-13(16)8-12/h5-8,11,14,16H,4,9-10H2,1-3H3. The summed E-state index contributed by atoms with van der Waals surface area (Å²) in [5, 5.41) is 9.41. The third-order valence-corrected chi connectivity index (χ3v) is 2.52. The number of hydrogen-bond acceptors (Lipinski definition) is 4. The Morgan fingerprint density at radius 3 is 2.68 bits per heavy atom. The molecule has 0 saturated carbocycles. The van der Waals surface area contributed by atoms with Crippen LogP contribution in [0.5, 0.6) is 5.75 Å². The van der Waals surface area contributed by atoms with E-state index in [9.17, 15) is 9.90 Å². The van der Waals surface area contributed by atoms with E-state index in [-0.39, 0.29) is 11.7 Å². The highest BCUT2D eigenvalue weighted by molar-refractivity contribution is 5.75. The number of aromatic hydroxyl groups is 1. The highest BCUT2D eigenvalue weighted by atomic mass is 16.6. The van der Waals surface area contributed by atoms with Crippen molar-refractivity contribution in [2.75, 3.05) is 13.2 Å². The van der Waals surface area contributed by atoms with E-state index in [2.05, 4.69) is 0 Å². The van der Waals surface area contributed by atoms with Crippen LogP contribution in [-0.2, 0) is 20.7 Å². The van der Waals surface area contributed by atoms with Gasteiger partial charge in [0.25, 0.3) is 0 Å². The molecule has 0 aliphatic rings. The second kappa shape index (κ2) is 7.79. The van der Waals surface area contributed by atoms with Gasteiger partial charge in [0.15, 0.2) is 6.10 Å². The average Bonchev–Trinajstić information content (AvgIpc) is 2.35. The predicted molar refractivity (Wildman–Crippen MR) is 73.0 cm³/mol. The van der Waals surface area contributed by atoms with Gasteiger partial charge in [0.1, 0.15) is 5.75 Å². The van der Waals surface area contributed by atoms with Crippen molar-refractivity contribution in [1.82, 2.24) is 0 Å². The summed E-state index contributed by atoms with van der Waals surface area (Å²) in [7, 11) is 0. The number of hydrogen-bond donors (Lipinski definition) is 1. The van der Waals surface area contributed by atoms with Gasteiger partial charge in [-0.05, 0) is 30.5 Å². The maximum atomic E-state index is 11.9. The number of esters is 1. The molecule has 0 heterocycles. The lowest BCUT2D eigenvalue weighted by Crippen LogP contribution is -2.30. The molecule has 0 saturated heterocycles. The Balaban J connectivity index is 2.64. The first-order chi connectivity index (χ1) is 9.02. The van der Waals surface area contributed by atoms with Gasteiger partial charge in [-0.15, -0.1) is 0 Å². The number of phenols is 1. The molecule has 0 aliphatic heterocycles. The van der Waals surface area contributed by atoms with Gasteiger partial charge in [-0.1, -0.05) is 26.0 Å². The fraction of sp³-hybridized carbons (Fsp3) is 0.533. The molecule has 1 N–H and O–H groups in total. The van der Waals surface area contributed by atoms with Crippen molar-refractivity contribution in [2.45, 2.75) is 33.3 Å². The molecule has 0 fully saturated rings. The van der Waals surface area contributed by atoms with Crippen LogP contribution in [0.4, 0.5) is 0 Å². The molecule has 0 aromatic heterocycles. The van der Waals surface area contributed by atoms with Crippen LogP contribution in [0.2, 0.25) is 0 Å². The Kier molecular flexibility index (Phi) is 6.36. The summed E-state index contributed by atoms with van der Waals surface area (Å²) < 4.78 is 10.6. The van der Waals surface area contributed by atoms with Crippen molar-refractivity contribution < 1.29 is 19.4 Å². The molecule has 1 aromatic carbocycles. The molecule has 19 heavy (non-hydrogen) atoms. The number of rotatable bonds is 7. The summed E-state index contributed by atoms with van der Waals surface area (Å²) in [5.41, 5.74) is 0.847. The van der Waals surface area contributed by atoms with Gasteiger partial charge in [0.2, 0.25) is 0 Å². The van der Waals surface area contributed by atoms with E-state index in [0.29, 0.717) is 25.6 Å². The first-order valence-corrected chi connectivity index (χ1v) is 6.59. The zero-order chi connectivity index (χ0) is 14.3. The van der Waals surface area contributed by atoms with Crippen LogP contribution < -0.4 is 0 Å². The molecule has 0 amide bonds. The van der Waals surface area contributed by atoms with E-state index in [1.54, 1.807) is 18.2 Å². The largest absolute Gasteiger partial charge is 0.508 e. The van der Waals surface area contributed by atoms with E-state index in [1.165, 1.54) is 0 Å².